The first kappa shape index (κ1) is 21.5. The average molecular weight is 454 g/mol. The van der Waals surface area contributed by atoms with Crippen LogP contribution in [0.4, 0.5) is 4.79 Å². The fraction of sp³-hybridized carbons (Fsp3) is 0.231. The van der Waals surface area contributed by atoms with Crippen LogP contribution >= 0.6 is 0 Å². The number of ether oxygens (including phenoxy) is 1. The predicted octanol–water partition coefficient (Wildman–Crippen LogP) is 2.14. The lowest BCUT2D eigenvalue weighted by Gasteiger charge is -2.31. The fourth-order valence-electron chi connectivity index (χ4n) is 4.34. The van der Waals surface area contributed by atoms with Crippen LogP contribution in [0.2, 0.25) is 0 Å². The molecule has 1 fully saturated rings. The minimum absolute atomic E-state index is 0.00692. The van der Waals surface area contributed by atoms with Gasteiger partial charge in [0.2, 0.25) is 0 Å². The van der Waals surface area contributed by atoms with Crippen LogP contribution in [0, 0.1) is 11.8 Å². The third kappa shape index (κ3) is 3.82. The van der Waals surface area contributed by atoms with E-state index in [-0.39, 0.29) is 12.5 Å². The van der Waals surface area contributed by atoms with E-state index in [4.69, 9.17) is 4.74 Å². The van der Waals surface area contributed by atoms with Crippen LogP contribution in [0.25, 0.3) is 0 Å². The molecule has 170 valence electrons. The van der Waals surface area contributed by atoms with Crippen molar-refractivity contribution in [2.75, 3.05) is 20.2 Å². The lowest BCUT2D eigenvalue weighted by atomic mass is 9.88. The number of urea groups is 1. The Balaban J connectivity index is 1.42. The van der Waals surface area contributed by atoms with E-state index < -0.39 is 17.5 Å². The zero-order valence-electron chi connectivity index (χ0n) is 18.6. The quantitative estimate of drug-likeness (QED) is 0.546. The van der Waals surface area contributed by atoms with Gasteiger partial charge in [-0.25, -0.2) is 4.79 Å². The first-order valence-corrected chi connectivity index (χ1v) is 10.9. The Morgan fingerprint density at radius 1 is 1.12 bits per heavy atom. The molecular formula is C26H22N4O4. The summed E-state index contributed by atoms with van der Waals surface area (Å²) in [5, 5.41) is 5.07. The Kier molecular flexibility index (Phi) is 5.38. The highest BCUT2D eigenvalue weighted by atomic mass is 16.5. The number of nitrogens with one attached hydrogen (secondary N) is 2. The van der Waals surface area contributed by atoms with Gasteiger partial charge < -0.3 is 15.0 Å². The number of fused-ring (bicyclic) bond motifs is 1. The number of carbonyl (C=O) groups is 3. The molecule has 4 amide bonds. The van der Waals surface area contributed by atoms with Crippen LogP contribution in [0.3, 0.4) is 0 Å². The number of hydrogen-bond acceptors (Lipinski definition) is 5. The lowest BCUT2D eigenvalue weighted by Crippen LogP contribution is -2.52. The summed E-state index contributed by atoms with van der Waals surface area (Å²) in [5.41, 5.74) is 2.03. The van der Waals surface area contributed by atoms with E-state index in [2.05, 4.69) is 27.5 Å². The third-order valence-corrected chi connectivity index (χ3v) is 6.13. The van der Waals surface area contributed by atoms with Gasteiger partial charge in [0.1, 0.15) is 11.5 Å². The normalized spacial score (nSPS) is 20.8. The zero-order valence-corrected chi connectivity index (χ0v) is 18.6. The van der Waals surface area contributed by atoms with Crippen LogP contribution < -0.4 is 15.4 Å². The van der Waals surface area contributed by atoms with Gasteiger partial charge in [0, 0.05) is 24.2 Å². The van der Waals surface area contributed by atoms with Gasteiger partial charge in [0.25, 0.3) is 11.8 Å². The van der Waals surface area contributed by atoms with Crippen molar-refractivity contribution in [2.24, 2.45) is 4.99 Å². The molecule has 1 saturated heterocycles. The van der Waals surface area contributed by atoms with Gasteiger partial charge in [-0.2, -0.15) is 0 Å². The molecule has 1 atom stereocenters. The molecule has 8 heteroatoms. The summed E-state index contributed by atoms with van der Waals surface area (Å²) in [6.45, 7) is 1.07. The van der Waals surface area contributed by atoms with E-state index in [1.165, 1.54) is 0 Å². The number of benzene rings is 2. The molecule has 0 bridgehead atoms. The van der Waals surface area contributed by atoms with Crippen LogP contribution in [0.15, 0.2) is 59.6 Å². The van der Waals surface area contributed by atoms with Gasteiger partial charge in [-0.1, -0.05) is 30.2 Å². The molecule has 34 heavy (non-hydrogen) atoms. The summed E-state index contributed by atoms with van der Waals surface area (Å²) in [4.78, 5) is 44.1. The largest absolute Gasteiger partial charge is 0.497 e. The highest BCUT2D eigenvalue weighted by Gasteiger charge is 2.50. The van der Waals surface area contributed by atoms with Crippen molar-refractivity contribution in [3.8, 4) is 17.6 Å². The fourth-order valence-corrected chi connectivity index (χ4v) is 4.34. The second-order valence-corrected chi connectivity index (χ2v) is 8.28. The molecular weight excluding hydrogens is 432 g/mol. The van der Waals surface area contributed by atoms with E-state index in [0.29, 0.717) is 23.4 Å². The Labute approximate surface area is 196 Å². The summed E-state index contributed by atoms with van der Waals surface area (Å²) < 4.78 is 5.23. The second kappa shape index (κ2) is 8.52. The molecule has 0 radical (unpaired) electrons. The van der Waals surface area contributed by atoms with Crippen LogP contribution in [-0.4, -0.2) is 48.7 Å². The summed E-state index contributed by atoms with van der Waals surface area (Å²) in [5.74, 6) is 5.98. The smallest absolute Gasteiger partial charge is 0.322 e. The zero-order chi connectivity index (χ0) is 23.7. The maximum Gasteiger partial charge on any atom is 0.322 e. The minimum atomic E-state index is -1.40. The highest BCUT2D eigenvalue weighted by Crippen LogP contribution is 2.32. The van der Waals surface area contributed by atoms with Crippen LogP contribution in [0.1, 0.15) is 33.5 Å². The number of dihydropyridines is 1. The van der Waals surface area contributed by atoms with Crippen molar-refractivity contribution in [3.05, 3.63) is 76.9 Å². The summed E-state index contributed by atoms with van der Waals surface area (Å²) in [6.07, 6.45) is 4.87. The number of nitrogens with zero attached hydrogens (tertiary/aromatic N) is 2. The minimum Gasteiger partial charge on any atom is -0.497 e. The Bertz CT molecular complexity index is 1320. The number of hydrogen-bond donors (Lipinski definition) is 2. The number of allylic oxidation sites excluding steroid dienone is 1. The molecule has 0 aliphatic carbocycles. The van der Waals surface area contributed by atoms with Crippen molar-refractivity contribution >= 4 is 23.6 Å². The highest BCUT2D eigenvalue weighted by molar-refractivity contribution is 6.09. The monoisotopic (exact) mass is 454 g/mol. The molecule has 3 aliphatic rings. The second-order valence-electron chi connectivity index (χ2n) is 8.28. The Morgan fingerprint density at radius 3 is 2.62 bits per heavy atom. The van der Waals surface area contributed by atoms with Crippen molar-refractivity contribution in [1.82, 2.24) is 15.5 Å². The number of amides is 4. The molecule has 2 aromatic carbocycles. The van der Waals surface area contributed by atoms with Gasteiger partial charge in [-0.05, 0) is 53.8 Å². The lowest BCUT2D eigenvalue weighted by molar-refractivity contribution is -0.124. The van der Waals surface area contributed by atoms with Gasteiger partial charge >= 0.3 is 6.03 Å². The summed E-state index contributed by atoms with van der Waals surface area (Å²) >= 11 is 0. The predicted molar refractivity (Wildman–Crippen MR) is 125 cm³/mol. The first-order valence-electron chi connectivity index (χ1n) is 10.9. The molecule has 3 heterocycles. The Morgan fingerprint density at radius 2 is 1.94 bits per heavy atom. The van der Waals surface area contributed by atoms with E-state index in [1.54, 1.807) is 48.4 Å². The maximum atomic E-state index is 13.1. The van der Waals surface area contributed by atoms with Crippen molar-refractivity contribution in [3.63, 3.8) is 0 Å². The number of aliphatic imine (C=N–C) groups is 1. The number of carbonyl (C=O) groups excluding carboxylic acids is 3. The standard InChI is InChI=1S/C26H22N4O4/c1-34-21-12-8-18-15-30(23(31)22(18)14-21)16-26(24(32)28-25(33)29-26)19-9-5-17(6-10-19)7-11-20-4-2-3-13-27-20/h2,4-6,8-10,12,14H,3,13,15-16H2,1H3,(H2,28,29,32,33)/t26-/m0/s1. The Hall–Kier alpha value is -4.38. The SMILES string of the molecule is COc1ccc2c(c1)C(=O)N(C[C@@]1(c3ccc(C#CC4=NCCC=C4)cc3)NC(=O)NC1=O)C2. The van der Waals surface area contributed by atoms with Crippen molar-refractivity contribution in [2.45, 2.75) is 18.5 Å². The van der Waals surface area contributed by atoms with E-state index >= 15 is 0 Å². The average Bonchev–Trinajstić information content (AvgIpc) is 3.33. The molecule has 0 unspecified atom stereocenters. The number of rotatable bonds is 4. The van der Waals surface area contributed by atoms with E-state index in [1.807, 2.05) is 18.2 Å². The number of methoxy groups -OCH3 is 1. The van der Waals surface area contributed by atoms with Crippen LogP contribution in [-0.2, 0) is 16.9 Å². The van der Waals surface area contributed by atoms with Gasteiger partial charge in [0.15, 0.2) is 5.54 Å². The molecule has 0 spiro atoms. The summed E-state index contributed by atoms with van der Waals surface area (Å²) in [6, 6.07) is 11.8. The van der Waals surface area contributed by atoms with Crippen molar-refractivity contribution in [1.29, 1.82) is 0 Å². The topological polar surface area (TPSA) is 100 Å². The maximum absolute atomic E-state index is 13.1. The first-order chi connectivity index (χ1) is 16.5. The van der Waals surface area contributed by atoms with Gasteiger partial charge in [-0.15, -0.1) is 0 Å². The molecule has 3 aliphatic heterocycles. The van der Waals surface area contributed by atoms with Gasteiger partial charge in [-0.3, -0.25) is 19.9 Å². The van der Waals surface area contributed by atoms with E-state index in [0.717, 1.165) is 29.8 Å². The molecule has 5 rings (SSSR count). The van der Waals surface area contributed by atoms with E-state index in [9.17, 15) is 14.4 Å². The molecule has 8 nitrogen and oxygen atoms in total. The molecule has 2 aromatic rings. The molecule has 0 aromatic heterocycles. The van der Waals surface area contributed by atoms with Crippen LogP contribution in [0.5, 0.6) is 5.75 Å². The van der Waals surface area contributed by atoms with Crippen molar-refractivity contribution < 1.29 is 19.1 Å². The molecule has 0 saturated carbocycles. The third-order valence-electron chi connectivity index (χ3n) is 6.13. The van der Waals surface area contributed by atoms with Gasteiger partial charge in [0.05, 0.1) is 13.7 Å². The number of imide groups is 1. The molecule has 2 N–H and O–H groups in total. The summed E-state index contributed by atoms with van der Waals surface area (Å²) in [7, 11) is 1.54.